The first-order valence-corrected chi connectivity index (χ1v) is 8.80. The molecule has 1 unspecified atom stereocenters. The molecule has 0 saturated heterocycles. The van der Waals surface area contributed by atoms with E-state index in [-0.39, 0.29) is 11.7 Å². The molecule has 0 aliphatic rings. The Morgan fingerprint density at radius 2 is 1.89 bits per heavy atom. The Balaban J connectivity index is 1.70. The van der Waals surface area contributed by atoms with Crippen LogP contribution in [0.5, 0.6) is 0 Å². The molecule has 4 aromatic rings. The third-order valence-corrected chi connectivity index (χ3v) is 4.61. The Labute approximate surface area is 161 Å². The molecule has 28 heavy (non-hydrogen) atoms. The minimum absolute atomic E-state index is 0.0151. The van der Waals surface area contributed by atoms with Crippen molar-refractivity contribution in [2.24, 2.45) is 0 Å². The van der Waals surface area contributed by atoms with Crippen LogP contribution in [0.15, 0.2) is 61.1 Å². The van der Waals surface area contributed by atoms with Gasteiger partial charge in [0.05, 0.1) is 16.5 Å². The topological polar surface area (TPSA) is 98.8 Å². The summed E-state index contributed by atoms with van der Waals surface area (Å²) < 4.78 is 1.72. The normalized spacial score (nSPS) is 12.1. The monoisotopic (exact) mass is 374 g/mol. The lowest BCUT2D eigenvalue weighted by molar-refractivity contribution is -0.383. The van der Waals surface area contributed by atoms with Crippen LogP contribution in [0.1, 0.15) is 24.1 Å². The van der Waals surface area contributed by atoms with E-state index in [0.29, 0.717) is 28.4 Å². The minimum atomic E-state index is -0.399. The van der Waals surface area contributed by atoms with E-state index >= 15 is 0 Å². The van der Waals surface area contributed by atoms with E-state index in [4.69, 9.17) is 0 Å². The van der Waals surface area contributed by atoms with Crippen molar-refractivity contribution in [2.75, 3.05) is 5.32 Å². The van der Waals surface area contributed by atoms with Gasteiger partial charge in [-0.15, -0.1) is 0 Å². The van der Waals surface area contributed by atoms with Crippen LogP contribution in [0, 0.1) is 17.0 Å². The lowest BCUT2D eigenvalue weighted by atomic mass is 10.1. The molecule has 0 aliphatic carbocycles. The molecule has 4 rings (SSSR count). The summed E-state index contributed by atoms with van der Waals surface area (Å²) in [7, 11) is 0. The molecular weight excluding hydrogens is 356 g/mol. The first-order chi connectivity index (χ1) is 13.5. The van der Waals surface area contributed by atoms with Gasteiger partial charge in [-0.25, -0.2) is 9.97 Å². The van der Waals surface area contributed by atoms with Crippen molar-refractivity contribution < 1.29 is 4.92 Å². The number of benzene rings is 2. The highest BCUT2D eigenvalue weighted by molar-refractivity contribution is 5.87. The lowest BCUT2D eigenvalue weighted by Gasteiger charge is -2.14. The first-order valence-electron chi connectivity index (χ1n) is 8.80. The Morgan fingerprint density at radius 3 is 2.64 bits per heavy atom. The van der Waals surface area contributed by atoms with Gasteiger partial charge in [-0.05, 0) is 31.5 Å². The molecule has 0 bridgehead atoms. The highest BCUT2D eigenvalue weighted by atomic mass is 16.6. The second-order valence-corrected chi connectivity index (χ2v) is 6.49. The number of nitrogens with one attached hydrogen (secondary N) is 1. The van der Waals surface area contributed by atoms with Crippen LogP contribution in [-0.2, 0) is 0 Å². The van der Waals surface area contributed by atoms with Gasteiger partial charge in [0.1, 0.15) is 12.1 Å². The number of hydrogen-bond acceptors (Lipinski definition) is 6. The SMILES string of the molecule is Cc1ccc2c(ncn2-c2ccnc(NC(C)c3ccccc3)n2)c1[N+](=O)[O-]. The standard InChI is InChI=1S/C20H18N6O2/c1-13-8-9-16-18(19(13)26(27)28)22-12-25(16)17-10-11-21-20(24-17)23-14(2)15-6-4-3-5-7-15/h3-12,14H,1-2H3,(H,21,23,24). The zero-order chi connectivity index (χ0) is 19.7. The molecule has 1 atom stereocenters. The van der Waals surface area contributed by atoms with Crippen molar-refractivity contribution in [1.29, 1.82) is 0 Å². The molecular formula is C20H18N6O2. The molecule has 2 heterocycles. The second kappa shape index (κ2) is 7.07. The number of nitro benzene ring substituents is 1. The molecule has 0 amide bonds. The number of imidazole rings is 1. The number of rotatable bonds is 5. The fraction of sp³-hybridized carbons (Fsp3) is 0.150. The summed E-state index contributed by atoms with van der Waals surface area (Å²) in [6.07, 6.45) is 3.20. The Bertz CT molecular complexity index is 1160. The number of hydrogen-bond donors (Lipinski definition) is 1. The number of aromatic nitrogens is 4. The van der Waals surface area contributed by atoms with Gasteiger partial charge in [0.2, 0.25) is 5.95 Å². The van der Waals surface area contributed by atoms with Crippen LogP contribution < -0.4 is 5.32 Å². The van der Waals surface area contributed by atoms with E-state index in [1.165, 1.54) is 0 Å². The zero-order valence-corrected chi connectivity index (χ0v) is 15.4. The van der Waals surface area contributed by atoms with Crippen LogP contribution in [0.2, 0.25) is 0 Å². The van der Waals surface area contributed by atoms with Crippen molar-refractivity contribution in [3.8, 4) is 5.82 Å². The van der Waals surface area contributed by atoms with Crippen LogP contribution >= 0.6 is 0 Å². The Hall–Kier alpha value is -3.81. The fourth-order valence-corrected chi connectivity index (χ4v) is 3.15. The third kappa shape index (κ3) is 3.16. The summed E-state index contributed by atoms with van der Waals surface area (Å²) in [6.45, 7) is 3.73. The van der Waals surface area contributed by atoms with E-state index in [9.17, 15) is 10.1 Å². The largest absolute Gasteiger partial charge is 0.348 e. The van der Waals surface area contributed by atoms with Gasteiger partial charge in [0.15, 0.2) is 5.52 Å². The third-order valence-electron chi connectivity index (χ3n) is 4.61. The van der Waals surface area contributed by atoms with Crippen molar-refractivity contribution in [2.45, 2.75) is 19.9 Å². The number of nitrogens with zero attached hydrogens (tertiary/aromatic N) is 5. The van der Waals surface area contributed by atoms with Crippen LogP contribution in [0.25, 0.3) is 16.9 Å². The summed E-state index contributed by atoms with van der Waals surface area (Å²) >= 11 is 0. The molecule has 140 valence electrons. The van der Waals surface area contributed by atoms with Crippen molar-refractivity contribution in [3.05, 3.63) is 82.3 Å². The molecule has 0 radical (unpaired) electrons. The summed E-state index contributed by atoms with van der Waals surface area (Å²) in [4.78, 5) is 24.1. The number of anilines is 1. The molecule has 0 spiro atoms. The predicted molar refractivity (Wildman–Crippen MR) is 107 cm³/mol. The average Bonchev–Trinajstić information content (AvgIpc) is 3.12. The van der Waals surface area contributed by atoms with Crippen molar-refractivity contribution in [1.82, 2.24) is 19.5 Å². The number of nitro groups is 1. The van der Waals surface area contributed by atoms with Gasteiger partial charge in [-0.3, -0.25) is 14.7 Å². The summed E-state index contributed by atoms with van der Waals surface area (Å²) in [5, 5.41) is 14.7. The van der Waals surface area contributed by atoms with E-state index < -0.39 is 4.92 Å². The van der Waals surface area contributed by atoms with E-state index in [0.717, 1.165) is 5.56 Å². The molecule has 0 fully saturated rings. The van der Waals surface area contributed by atoms with Gasteiger partial charge in [-0.1, -0.05) is 36.4 Å². The van der Waals surface area contributed by atoms with Gasteiger partial charge >= 0.3 is 0 Å². The van der Waals surface area contributed by atoms with Gasteiger partial charge in [0.25, 0.3) is 5.69 Å². The summed E-state index contributed by atoms with van der Waals surface area (Å²) in [6, 6.07) is 15.3. The van der Waals surface area contributed by atoms with Gasteiger partial charge in [0, 0.05) is 11.8 Å². The smallest absolute Gasteiger partial charge is 0.299 e. The fourth-order valence-electron chi connectivity index (χ4n) is 3.15. The summed E-state index contributed by atoms with van der Waals surface area (Å²) in [5.41, 5.74) is 2.68. The number of aryl methyl sites for hydroxylation is 1. The first kappa shape index (κ1) is 17.6. The highest BCUT2D eigenvalue weighted by Crippen LogP contribution is 2.29. The predicted octanol–water partition coefficient (Wildman–Crippen LogP) is 4.21. The zero-order valence-electron chi connectivity index (χ0n) is 15.4. The quantitative estimate of drug-likeness (QED) is 0.415. The maximum atomic E-state index is 11.4. The van der Waals surface area contributed by atoms with Crippen LogP contribution in [0.4, 0.5) is 11.6 Å². The molecule has 8 nitrogen and oxygen atoms in total. The van der Waals surface area contributed by atoms with Crippen LogP contribution in [-0.4, -0.2) is 24.4 Å². The molecule has 0 saturated carbocycles. The van der Waals surface area contributed by atoms with Gasteiger partial charge in [-0.2, -0.15) is 4.98 Å². The van der Waals surface area contributed by atoms with Crippen molar-refractivity contribution in [3.63, 3.8) is 0 Å². The second-order valence-electron chi connectivity index (χ2n) is 6.49. The molecule has 8 heteroatoms. The molecule has 2 aromatic heterocycles. The minimum Gasteiger partial charge on any atom is -0.348 e. The summed E-state index contributed by atoms with van der Waals surface area (Å²) in [5.74, 6) is 1.05. The Morgan fingerprint density at radius 1 is 1.11 bits per heavy atom. The van der Waals surface area contributed by atoms with E-state index in [2.05, 4.69) is 20.3 Å². The molecule has 0 aliphatic heterocycles. The number of fused-ring (bicyclic) bond motifs is 1. The van der Waals surface area contributed by atoms with Crippen LogP contribution in [0.3, 0.4) is 0 Å². The molecule has 1 N–H and O–H groups in total. The average molecular weight is 374 g/mol. The molecule has 2 aromatic carbocycles. The Kier molecular flexibility index (Phi) is 4.44. The van der Waals surface area contributed by atoms with Gasteiger partial charge < -0.3 is 5.32 Å². The lowest BCUT2D eigenvalue weighted by Crippen LogP contribution is -2.10. The van der Waals surface area contributed by atoms with Crippen molar-refractivity contribution >= 4 is 22.7 Å². The maximum absolute atomic E-state index is 11.4. The van der Waals surface area contributed by atoms with E-state index in [1.54, 1.807) is 36.1 Å². The van der Waals surface area contributed by atoms with E-state index in [1.807, 2.05) is 43.3 Å². The highest BCUT2D eigenvalue weighted by Gasteiger charge is 2.20. The maximum Gasteiger partial charge on any atom is 0.299 e.